The molecule has 2 rings (SSSR count). The van der Waals surface area contributed by atoms with Crippen LogP contribution in [-0.2, 0) is 4.79 Å². The molecule has 5 heteroatoms. The first kappa shape index (κ1) is 14.2. The molecule has 1 saturated heterocycles. The van der Waals surface area contributed by atoms with E-state index in [4.69, 9.17) is 11.6 Å². The fourth-order valence-electron chi connectivity index (χ4n) is 2.18. The molecule has 1 fully saturated rings. The number of nitrogens with zero attached hydrogens (tertiary/aromatic N) is 1. The van der Waals surface area contributed by atoms with Crippen LogP contribution >= 0.6 is 11.6 Å². The Hall–Kier alpha value is -1.26. The van der Waals surface area contributed by atoms with Gasteiger partial charge in [0.2, 0.25) is 5.91 Å². The summed E-state index contributed by atoms with van der Waals surface area (Å²) in [4.78, 5) is 13.9. The maximum absolute atomic E-state index is 11.7. The second-order valence-electron chi connectivity index (χ2n) is 4.77. The van der Waals surface area contributed by atoms with Crippen molar-refractivity contribution in [2.24, 2.45) is 0 Å². The Balaban J connectivity index is 1.58. The van der Waals surface area contributed by atoms with Gasteiger partial charge in [0.05, 0.1) is 6.54 Å². The van der Waals surface area contributed by atoms with Gasteiger partial charge in [0.1, 0.15) is 0 Å². The first-order valence-corrected chi connectivity index (χ1v) is 7.10. The Morgan fingerprint density at radius 2 is 1.84 bits per heavy atom. The van der Waals surface area contributed by atoms with Crippen molar-refractivity contribution in [3.63, 3.8) is 0 Å². The number of rotatable bonds is 6. The fraction of sp³-hybridized carbons (Fsp3) is 0.500. The molecule has 1 aliphatic heterocycles. The Bertz CT molecular complexity index is 402. The quantitative estimate of drug-likeness (QED) is 0.784. The molecule has 1 amide bonds. The van der Waals surface area contributed by atoms with E-state index in [2.05, 4.69) is 15.5 Å². The number of nitrogens with one attached hydrogen (secondary N) is 2. The van der Waals surface area contributed by atoms with E-state index in [0.29, 0.717) is 19.6 Å². The summed E-state index contributed by atoms with van der Waals surface area (Å²) in [7, 11) is 0. The van der Waals surface area contributed by atoms with E-state index < -0.39 is 0 Å². The van der Waals surface area contributed by atoms with Crippen LogP contribution < -0.4 is 10.6 Å². The van der Waals surface area contributed by atoms with Crippen LogP contribution in [0, 0.1) is 0 Å². The second kappa shape index (κ2) is 7.36. The van der Waals surface area contributed by atoms with Gasteiger partial charge >= 0.3 is 0 Å². The molecule has 2 N–H and O–H groups in total. The SMILES string of the molecule is O=C(CN1CCCC1)NCCNc1ccc(Cl)cc1. The van der Waals surface area contributed by atoms with Gasteiger partial charge in [-0.25, -0.2) is 0 Å². The minimum Gasteiger partial charge on any atom is -0.383 e. The summed E-state index contributed by atoms with van der Waals surface area (Å²) < 4.78 is 0. The smallest absolute Gasteiger partial charge is 0.234 e. The number of benzene rings is 1. The van der Waals surface area contributed by atoms with Gasteiger partial charge in [0.25, 0.3) is 0 Å². The number of likely N-dealkylation sites (tertiary alicyclic amines) is 1. The first-order chi connectivity index (χ1) is 9.24. The standard InChI is InChI=1S/C14H20ClN3O/c15-12-3-5-13(6-4-12)16-7-8-17-14(19)11-18-9-1-2-10-18/h3-6,16H,1-2,7-11H2,(H,17,19). The number of halogens is 1. The van der Waals surface area contributed by atoms with E-state index in [1.165, 1.54) is 12.8 Å². The summed E-state index contributed by atoms with van der Waals surface area (Å²) >= 11 is 5.81. The van der Waals surface area contributed by atoms with E-state index in [1.807, 2.05) is 24.3 Å². The number of carbonyl (C=O) groups excluding carboxylic acids is 1. The van der Waals surface area contributed by atoms with Crippen molar-refractivity contribution in [2.75, 3.05) is 38.0 Å². The van der Waals surface area contributed by atoms with E-state index in [1.54, 1.807) is 0 Å². The minimum atomic E-state index is 0.111. The van der Waals surface area contributed by atoms with Gasteiger partial charge in [-0.15, -0.1) is 0 Å². The molecular weight excluding hydrogens is 262 g/mol. The lowest BCUT2D eigenvalue weighted by atomic mass is 10.3. The van der Waals surface area contributed by atoms with Gasteiger partial charge in [-0.05, 0) is 50.2 Å². The average molecular weight is 282 g/mol. The molecule has 4 nitrogen and oxygen atoms in total. The number of amides is 1. The second-order valence-corrected chi connectivity index (χ2v) is 5.20. The van der Waals surface area contributed by atoms with Gasteiger partial charge in [0, 0.05) is 23.8 Å². The molecule has 0 saturated carbocycles. The summed E-state index contributed by atoms with van der Waals surface area (Å²) in [6.07, 6.45) is 2.43. The summed E-state index contributed by atoms with van der Waals surface area (Å²) in [5, 5.41) is 6.88. The maximum Gasteiger partial charge on any atom is 0.234 e. The van der Waals surface area contributed by atoms with Crippen molar-refractivity contribution in [1.82, 2.24) is 10.2 Å². The molecule has 0 aromatic heterocycles. The van der Waals surface area contributed by atoms with Crippen LogP contribution in [0.5, 0.6) is 0 Å². The van der Waals surface area contributed by atoms with Crippen LogP contribution in [0.2, 0.25) is 5.02 Å². The molecular formula is C14H20ClN3O. The lowest BCUT2D eigenvalue weighted by Gasteiger charge is -2.14. The largest absolute Gasteiger partial charge is 0.383 e. The Labute approximate surface area is 119 Å². The lowest BCUT2D eigenvalue weighted by molar-refractivity contribution is -0.121. The van der Waals surface area contributed by atoms with E-state index in [0.717, 1.165) is 23.8 Å². The topological polar surface area (TPSA) is 44.4 Å². The van der Waals surface area contributed by atoms with E-state index in [9.17, 15) is 4.79 Å². The minimum absolute atomic E-state index is 0.111. The number of carbonyl (C=O) groups is 1. The molecule has 0 bridgehead atoms. The molecule has 0 aliphatic carbocycles. The Kier molecular flexibility index (Phi) is 5.48. The zero-order chi connectivity index (χ0) is 13.5. The summed E-state index contributed by atoms with van der Waals surface area (Å²) in [5.74, 6) is 0.111. The molecule has 1 aromatic rings. The number of hydrogen-bond acceptors (Lipinski definition) is 3. The molecule has 0 radical (unpaired) electrons. The zero-order valence-electron chi connectivity index (χ0n) is 11.0. The molecule has 104 valence electrons. The molecule has 0 atom stereocenters. The fourth-order valence-corrected chi connectivity index (χ4v) is 2.30. The highest BCUT2D eigenvalue weighted by Gasteiger charge is 2.14. The van der Waals surface area contributed by atoms with Crippen molar-refractivity contribution in [2.45, 2.75) is 12.8 Å². The lowest BCUT2D eigenvalue weighted by Crippen LogP contribution is -2.37. The predicted molar refractivity (Wildman–Crippen MR) is 78.6 cm³/mol. The highest BCUT2D eigenvalue weighted by Crippen LogP contribution is 2.12. The molecule has 19 heavy (non-hydrogen) atoms. The van der Waals surface area contributed by atoms with Gasteiger partial charge in [-0.1, -0.05) is 11.6 Å². The average Bonchev–Trinajstić information content (AvgIpc) is 2.89. The van der Waals surface area contributed by atoms with Crippen LogP contribution in [-0.4, -0.2) is 43.5 Å². The molecule has 1 aromatic carbocycles. The van der Waals surface area contributed by atoms with E-state index >= 15 is 0 Å². The number of anilines is 1. The zero-order valence-corrected chi connectivity index (χ0v) is 11.7. The molecule has 0 unspecified atom stereocenters. The van der Waals surface area contributed by atoms with Crippen LogP contribution in [0.1, 0.15) is 12.8 Å². The van der Waals surface area contributed by atoms with Crippen LogP contribution in [0.3, 0.4) is 0 Å². The highest BCUT2D eigenvalue weighted by molar-refractivity contribution is 6.30. The molecule has 1 heterocycles. The molecule has 0 spiro atoms. The Morgan fingerprint density at radius 1 is 1.16 bits per heavy atom. The first-order valence-electron chi connectivity index (χ1n) is 6.72. The van der Waals surface area contributed by atoms with E-state index in [-0.39, 0.29) is 5.91 Å². The van der Waals surface area contributed by atoms with Crippen molar-refractivity contribution in [1.29, 1.82) is 0 Å². The third-order valence-corrected chi connectivity index (χ3v) is 3.44. The normalized spacial score (nSPS) is 15.4. The van der Waals surface area contributed by atoms with Gasteiger partial charge in [-0.2, -0.15) is 0 Å². The van der Waals surface area contributed by atoms with Crippen molar-refractivity contribution >= 4 is 23.2 Å². The third kappa shape index (κ3) is 5.09. The summed E-state index contributed by atoms with van der Waals surface area (Å²) in [6.45, 7) is 3.98. The van der Waals surface area contributed by atoms with Crippen molar-refractivity contribution in [3.8, 4) is 0 Å². The number of hydrogen-bond donors (Lipinski definition) is 2. The third-order valence-electron chi connectivity index (χ3n) is 3.19. The van der Waals surface area contributed by atoms with Crippen molar-refractivity contribution < 1.29 is 4.79 Å². The monoisotopic (exact) mass is 281 g/mol. The maximum atomic E-state index is 11.7. The predicted octanol–water partition coefficient (Wildman–Crippen LogP) is 1.96. The van der Waals surface area contributed by atoms with Gasteiger partial charge in [0.15, 0.2) is 0 Å². The van der Waals surface area contributed by atoms with Gasteiger partial charge in [-0.3, -0.25) is 9.69 Å². The summed E-state index contributed by atoms with van der Waals surface area (Å²) in [6, 6.07) is 7.54. The summed E-state index contributed by atoms with van der Waals surface area (Å²) in [5.41, 5.74) is 1.01. The van der Waals surface area contributed by atoms with Crippen LogP contribution in [0.25, 0.3) is 0 Å². The highest BCUT2D eigenvalue weighted by atomic mass is 35.5. The van der Waals surface area contributed by atoms with Crippen LogP contribution in [0.15, 0.2) is 24.3 Å². The van der Waals surface area contributed by atoms with Crippen LogP contribution in [0.4, 0.5) is 5.69 Å². The Morgan fingerprint density at radius 3 is 2.53 bits per heavy atom. The molecule has 1 aliphatic rings. The van der Waals surface area contributed by atoms with Crippen molar-refractivity contribution in [3.05, 3.63) is 29.3 Å². The van der Waals surface area contributed by atoms with Gasteiger partial charge < -0.3 is 10.6 Å².